The van der Waals surface area contributed by atoms with E-state index in [9.17, 15) is 0 Å². The summed E-state index contributed by atoms with van der Waals surface area (Å²) < 4.78 is 11.4. The van der Waals surface area contributed by atoms with Gasteiger partial charge in [0.05, 0.1) is 8.31 Å². The molecule has 0 aromatic carbocycles. The Kier molecular flexibility index (Phi) is 5.24. The number of hydrogen-bond donors (Lipinski definition) is 0. The highest BCUT2D eigenvalue weighted by Gasteiger charge is 2.35. The lowest BCUT2D eigenvalue weighted by molar-refractivity contribution is 0.207. The molecule has 0 heterocycles. The van der Waals surface area contributed by atoms with Crippen LogP contribution < -0.4 is 0 Å². The molecule has 0 saturated heterocycles. The van der Waals surface area contributed by atoms with Crippen molar-refractivity contribution in [3.8, 4) is 0 Å². The third kappa shape index (κ3) is 3.51. The molecule has 0 aliphatic heterocycles. The molecule has 0 rings (SSSR count). The van der Waals surface area contributed by atoms with Gasteiger partial charge in [0.15, 0.2) is 0 Å². The first kappa shape index (κ1) is 11.4. The van der Waals surface area contributed by atoms with Crippen LogP contribution in [-0.2, 0) is 8.85 Å². The number of hydrogen-bond acceptors (Lipinski definition) is 2. The highest BCUT2D eigenvalue weighted by atomic mass is 29.3. The Morgan fingerprint density at radius 3 is 1.64 bits per heavy atom. The van der Waals surface area contributed by atoms with Crippen LogP contribution in [0.15, 0.2) is 0 Å². The summed E-state index contributed by atoms with van der Waals surface area (Å²) in [4.78, 5) is 0. The zero-order valence-corrected chi connectivity index (χ0v) is 10.5. The van der Waals surface area contributed by atoms with E-state index in [1.54, 1.807) is 0 Å². The lowest BCUT2D eigenvalue weighted by Gasteiger charge is -2.29. The molecule has 0 atom stereocenters. The minimum atomic E-state index is -1.69. The van der Waals surface area contributed by atoms with Crippen LogP contribution in [0.3, 0.4) is 0 Å². The Morgan fingerprint density at radius 2 is 1.45 bits per heavy atom. The van der Waals surface area contributed by atoms with Crippen molar-refractivity contribution in [2.75, 3.05) is 13.2 Å². The summed E-state index contributed by atoms with van der Waals surface area (Å²) >= 11 is 0. The molecule has 0 spiro atoms. The Labute approximate surface area is 72.5 Å². The second-order valence-electron chi connectivity index (χ2n) is 3.04. The minimum absolute atomic E-state index is 0.741. The van der Waals surface area contributed by atoms with Crippen LogP contribution in [-0.4, -0.2) is 29.6 Å². The lowest BCUT2D eigenvalue weighted by Crippen LogP contribution is -2.51. The second kappa shape index (κ2) is 5.08. The molecule has 0 fully saturated rings. The van der Waals surface area contributed by atoms with Gasteiger partial charge in [-0.15, -0.1) is 0 Å². The molecule has 0 aliphatic rings. The molecule has 0 aliphatic carbocycles. The molecule has 0 aromatic rings. The molecule has 0 amide bonds. The molecule has 0 aromatic heterocycles. The van der Waals surface area contributed by atoms with E-state index in [-0.39, 0.29) is 0 Å². The van der Waals surface area contributed by atoms with E-state index < -0.39 is 16.4 Å². The standard InChI is InChI=1S/C7H20O2Si2/c1-6-8-11(5,9-7-2)10(3)4/h10H,6-7H2,1-5H3. The monoisotopic (exact) mass is 192 g/mol. The maximum atomic E-state index is 5.71. The summed E-state index contributed by atoms with van der Waals surface area (Å²) in [5.74, 6) is 0. The average Bonchev–Trinajstić information content (AvgIpc) is 1.88. The van der Waals surface area contributed by atoms with Crippen molar-refractivity contribution in [1.29, 1.82) is 0 Å². The van der Waals surface area contributed by atoms with Crippen molar-refractivity contribution in [2.45, 2.75) is 33.5 Å². The van der Waals surface area contributed by atoms with Crippen LogP contribution in [0.2, 0.25) is 19.6 Å². The van der Waals surface area contributed by atoms with Gasteiger partial charge in [0.1, 0.15) is 0 Å². The van der Waals surface area contributed by atoms with Crippen LogP contribution in [0.1, 0.15) is 13.8 Å². The molecular weight excluding hydrogens is 172 g/mol. The highest BCUT2D eigenvalue weighted by Crippen LogP contribution is 2.10. The Hall–Kier alpha value is 0.354. The summed E-state index contributed by atoms with van der Waals surface area (Å²) in [6.45, 7) is 12.5. The SMILES string of the molecule is CCO[Si](C)(OCC)[SiH](C)C. The van der Waals surface area contributed by atoms with Gasteiger partial charge in [-0.1, -0.05) is 13.1 Å². The van der Waals surface area contributed by atoms with E-state index in [1.165, 1.54) is 0 Å². The van der Waals surface area contributed by atoms with Crippen LogP contribution >= 0.6 is 0 Å². The van der Waals surface area contributed by atoms with E-state index >= 15 is 0 Å². The van der Waals surface area contributed by atoms with Gasteiger partial charge in [0.2, 0.25) is 0 Å². The van der Waals surface area contributed by atoms with E-state index in [2.05, 4.69) is 19.6 Å². The largest absolute Gasteiger partial charge is 0.397 e. The fraction of sp³-hybridized carbons (Fsp3) is 1.00. The van der Waals surface area contributed by atoms with Gasteiger partial charge in [-0.3, -0.25) is 0 Å². The molecule has 0 radical (unpaired) electrons. The van der Waals surface area contributed by atoms with Crippen LogP contribution in [0, 0.1) is 0 Å². The van der Waals surface area contributed by atoms with Crippen molar-refractivity contribution >= 4 is 16.4 Å². The molecule has 0 N–H and O–H groups in total. The summed E-state index contributed by atoms with van der Waals surface area (Å²) in [5, 5.41) is 0. The van der Waals surface area contributed by atoms with E-state index in [4.69, 9.17) is 8.85 Å². The average molecular weight is 192 g/mol. The van der Waals surface area contributed by atoms with Crippen molar-refractivity contribution in [1.82, 2.24) is 0 Å². The van der Waals surface area contributed by atoms with E-state index in [1.807, 2.05) is 13.8 Å². The molecule has 11 heavy (non-hydrogen) atoms. The summed E-state index contributed by atoms with van der Waals surface area (Å²) in [5.41, 5.74) is 0. The third-order valence-electron chi connectivity index (χ3n) is 1.91. The van der Waals surface area contributed by atoms with Crippen LogP contribution in [0.25, 0.3) is 0 Å². The predicted molar refractivity (Wildman–Crippen MR) is 53.7 cm³/mol. The first-order valence-corrected chi connectivity index (χ1v) is 10.8. The third-order valence-corrected chi connectivity index (χ3v) is 13.0. The Bertz CT molecular complexity index is 101. The van der Waals surface area contributed by atoms with Gasteiger partial charge in [0, 0.05) is 13.2 Å². The Morgan fingerprint density at radius 1 is 1.09 bits per heavy atom. The van der Waals surface area contributed by atoms with Gasteiger partial charge in [-0.2, -0.15) is 0 Å². The van der Waals surface area contributed by atoms with E-state index in [0.717, 1.165) is 13.2 Å². The molecular formula is C7H20O2Si2. The molecule has 68 valence electrons. The first-order chi connectivity index (χ1) is 5.06. The number of rotatable bonds is 5. The second-order valence-corrected chi connectivity index (χ2v) is 14.6. The fourth-order valence-electron chi connectivity index (χ4n) is 0.948. The molecule has 2 nitrogen and oxygen atoms in total. The van der Waals surface area contributed by atoms with Crippen molar-refractivity contribution in [3.05, 3.63) is 0 Å². The molecule has 4 heteroatoms. The maximum Gasteiger partial charge on any atom is 0.308 e. The van der Waals surface area contributed by atoms with Gasteiger partial charge < -0.3 is 8.85 Å². The predicted octanol–water partition coefficient (Wildman–Crippen LogP) is 1.70. The zero-order valence-electron chi connectivity index (χ0n) is 8.31. The van der Waals surface area contributed by atoms with Gasteiger partial charge in [0.25, 0.3) is 0 Å². The normalized spacial score (nSPS) is 12.5. The van der Waals surface area contributed by atoms with Gasteiger partial charge in [-0.25, -0.2) is 0 Å². The topological polar surface area (TPSA) is 18.5 Å². The van der Waals surface area contributed by atoms with Crippen LogP contribution in [0.4, 0.5) is 0 Å². The quantitative estimate of drug-likeness (QED) is 0.617. The maximum absolute atomic E-state index is 5.71. The van der Waals surface area contributed by atoms with Crippen molar-refractivity contribution < 1.29 is 8.85 Å². The molecule has 0 saturated carbocycles. The van der Waals surface area contributed by atoms with E-state index in [0.29, 0.717) is 0 Å². The zero-order chi connectivity index (χ0) is 8.91. The molecule has 0 bridgehead atoms. The highest BCUT2D eigenvalue weighted by molar-refractivity contribution is 7.25. The first-order valence-electron chi connectivity index (χ1n) is 4.34. The Balaban J connectivity index is 4.01. The smallest absolute Gasteiger partial charge is 0.308 e. The summed E-state index contributed by atoms with van der Waals surface area (Å²) in [6, 6.07) is 0. The molecule has 0 unspecified atom stereocenters. The lowest BCUT2D eigenvalue weighted by atomic mass is 10.9. The van der Waals surface area contributed by atoms with Gasteiger partial charge in [-0.05, 0) is 20.4 Å². The summed E-state index contributed by atoms with van der Waals surface area (Å²) in [6.07, 6.45) is 0. The van der Waals surface area contributed by atoms with Gasteiger partial charge >= 0.3 is 8.08 Å². The van der Waals surface area contributed by atoms with Crippen molar-refractivity contribution in [2.24, 2.45) is 0 Å². The van der Waals surface area contributed by atoms with Crippen LogP contribution in [0.5, 0.6) is 0 Å². The minimum Gasteiger partial charge on any atom is -0.397 e. The summed E-state index contributed by atoms with van der Waals surface area (Å²) in [7, 11) is -2.43. The fourth-order valence-corrected chi connectivity index (χ4v) is 5.84. The van der Waals surface area contributed by atoms with Crippen molar-refractivity contribution in [3.63, 3.8) is 0 Å².